The average molecular weight is 329 g/mol. The molecule has 1 aromatic rings. The van der Waals surface area contributed by atoms with E-state index in [-0.39, 0.29) is 23.8 Å². The summed E-state index contributed by atoms with van der Waals surface area (Å²) in [6.45, 7) is 2.23. The predicted molar refractivity (Wildman–Crippen MR) is 95.2 cm³/mol. The molecular formula is C20H27NO3. The van der Waals surface area contributed by atoms with Gasteiger partial charge < -0.3 is 9.64 Å². The maximum Gasteiger partial charge on any atom is 0.310 e. The summed E-state index contributed by atoms with van der Waals surface area (Å²) in [6.07, 6.45) is 8.99. The molecule has 0 radical (unpaired) electrons. The molecule has 4 heteroatoms. The first-order chi connectivity index (χ1) is 11.6. The molecule has 0 N–H and O–H groups in total. The Kier molecular flexibility index (Phi) is 7.04. The number of hydrogen-bond donors (Lipinski definition) is 0. The number of rotatable bonds is 6. The second-order valence-electron chi connectivity index (χ2n) is 6.45. The van der Waals surface area contributed by atoms with E-state index in [1.54, 1.807) is 6.08 Å². The highest BCUT2D eigenvalue weighted by atomic mass is 16.5. The van der Waals surface area contributed by atoms with Gasteiger partial charge in [0.25, 0.3) is 0 Å². The minimum Gasteiger partial charge on any atom is -0.469 e. The lowest BCUT2D eigenvalue weighted by Gasteiger charge is -2.35. The van der Waals surface area contributed by atoms with E-state index in [1.807, 2.05) is 48.2 Å². The summed E-state index contributed by atoms with van der Waals surface area (Å²) in [5.74, 6) is -0.608. The van der Waals surface area contributed by atoms with Crippen LogP contribution < -0.4 is 0 Å². The molecule has 1 amide bonds. The first-order valence-corrected chi connectivity index (χ1v) is 8.73. The zero-order valence-corrected chi connectivity index (χ0v) is 14.6. The van der Waals surface area contributed by atoms with E-state index in [9.17, 15) is 9.59 Å². The maximum atomic E-state index is 12.7. The van der Waals surface area contributed by atoms with Gasteiger partial charge in [-0.15, -0.1) is 0 Å². The van der Waals surface area contributed by atoms with Crippen LogP contribution in [0.3, 0.4) is 0 Å². The summed E-state index contributed by atoms with van der Waals surface area (Å²) in [7, 11) is 1.39. The Balaban J connectivity index is 2.09. The molecule has 0 heterocycles. The van der Waals surface area contributed by atoms with Gasteiger partial charge in [0, 0.05) is 18.7 Å². The van der Waals surface area contributed by atoms with Gasteiger partial charge in [0.15, 0.2) is 0 Å². The molecule has 0 spiro atoms. The van der Waals surface area contributed by atoms with Gasteiger partial charge in [0.05, 0.1) is 13.0 Å². The number of esters is 1. The maximum absolute atomic E-state index is 12.7. The standard InChI is InChI=1S/C20H27NO3/c1-16(20(23)24-2)15-21(18-11-7-4-8-12-18)19(22)14-13-17-9-5-3-6-10-17/h3,5-6,9-10,13-14,16,18H,4,7-8,11-12,15H2,1-2H3/b14-13+. The Morgan fingerprint density at radius 1 is 1.21 bits per heavy atom. The molecule has 130 valence electrons. The number of methoxy groups -OCH3 is 1. The van der Waals surface area contributed by atoms with Crippen LogP contribution in [0.2, 0.25) is 0 Å². The lowest BCUT2D eigenvalue weighted by atomic mass is 9.93. The number of nitrogens with zero attached hydrogens (tertiary/aromatic N) is 1. The summed E-state index contributed by atoms with van der Waals surface area (Å²) >= 11 is 0. The molecule has 1 aliphatic carbocycles. The van der Waals surface area contributed by atoms with E-state index in [1.165, 1.54) is 13.5 Å². The SMILES string of the molecule is COC(=O)C(C)CN(C(=O)/C=C/c1ccccc1)C1CCCCC1. The van der Waals surface area contributed by atoms with E-state index in [0.717, 1.165) is 31.2 Å². The van der Waals surface area contributed by atoms with Crippen LogP contribution in [-0.4, -0.2) is 36.5 Å². The number of ether oxygens (including phenoxy) is 1. The van der Waals surface area contributed by atoms with Crippen LogP contribution in [0.5, 0.6) is 0 Å². The monoisotopic (exact) mass is 329 g/mol. The highest BCUT2D eigenvalue weighted by molar-refractivity contribution is 5.92. The molecule has 0 aliphatic heterocycles. The second-order valence-corrected chi connectivity index (χ2v) is 6.45. The van der Waals surface area contributed by atoms with Gasteiger partial charge in [-0.3, -0.25) is 9.59 Å². The van der Waals surface area contributed by atoms with Crippen molar-refractivity contribution in [1.29, 1.82) is 0 Å². The average Bonchev–Trinajstić information content (AvgIpc) is 2.64. The smallest absolute Gasteiger partial charge is 0.310 e. The van der Waals surface area contributed by atoms with E-state index in [2.05, 4.69) is 0 Å². The molecule has 1 saturated carbocycles. The number of amides is 1. The fraction of sp³-hybridized carbons (Fsp3) is 0.500. The molecule has 0 bridgehead atoms. The van der Waals surface area contributed by atoms with Crippen LogP contribution in [0.1, 0.15) is 44.6 Å². The molecule has 24 heavy (non-hydrogen) atoms. The van der Waals surface area contributed by atoms with Gasteiger partial charge in [-0.05, 0) is 24.5 Å². The molecule has 1 aromatic carbocycles. The van der Waals surface area contributed by atoms with Crippen molar-refractivity contribution >= 4 is 18.0 Å². The van der Waals surface area contributed by atoms with Gasteiger partial charge in [0.2, 0.25) is 5.91 Å². The van der Waals surface area contributed by atoms with Crippen molar-refractivity contribution in [3.8, 4) is 0 Å². The highest BCUT2D eigenvalue weighted by Gasteiger charge is 2.27. The predicted octanol–water partition coefficient (Wildman–Crippen LogP) is 3.67. The zero-order valence-electron chi connectivity index (χ0n) is 14.6. The second kappa shape index (κ2) is 9.26. The Labute approximate surface area is 144 Å². The van der Waals surface area contributed by atoms with Crippen molar-refractivity contribution in [2.45, 2.75) is 45.1 Å². The normalized spacial score (nSPS) is 16.8. The van der Waals surface area contributed by atoms with Crippen molar-refractivity contribution in [2.75, 3.05) is 13.7 Å². The van der Waals surface area contributed by atoms with E-state index in [4.69, 9.17) is 4.74 Å². The minimum absolute atomic E-state index is 0.0264. The van der Waals surface area contributed by atoms with Gasteiger partial charge >= 0.3 is 5.97 Å². The van der Waals surface area contributed by atoms with Crippen LogP contribution in [0.15, 0.2) is 36.4 Å². The van der Waals surface area contributed by atoms with Crippen LogP contribution in [0, 0.1) is 5.92 Å². The lowest BCUT2D eigenvalue weighted by molar-refractivity contribution is -0.146. The quantitative estimate of drug-likeness (QED) is 0.591. The van der Waals surface area contributed by atoms with Crippen molar-refractivity contribution in [2.24, 2.45) is 5.92 Å². The van der Waals surface area contributed by atoms with Crippen LogP contribution in [-0.2, 0) is 14.3 Å². The van der Waals surface area contributed by atoms with Gasteiger partial charge in [-0.2, -0.15) is 0 Å². The van der Waals surface area contributed by atoms with E-state index in [0.29, 0.717) is 6.54 Å². The fourth-order valence-corrected chi connectivity index (χ4v) is 3.21. The fourth-order valence-electron chi connectivity index (χ4n) is 3.21. The highest BCUT2D eigenvalue weighted by Crippen LogP contribution is 2.24. The Morgan fingerprint density at radius 2 is 1.88 bits per heavy atom. The molecular weight excluding hydrogens is 302 g/mol. The summed E-state index contributed by atoms with van der Waals surface area (Å²) in [6, 6.07) is 9.99. The summed E-state index contributed by atoms with van der Waals surface area (Å²) in [5.41, 5.74) is 0.996. The minimum atomic E-state index is -0.314. The van der Waals surface area contributed by atoms with Gasteiger partial charge in [-0.1, -0.05) is 56.5 Å². The van der Waals surface area contributed by atoms with E-state index < -0.39 is 0 Å². The molecule has 4 nitrogen and oxygen atoms in total. The third-order valence-electron chi connectivity index (χ3n) is 4.59. The first kappa shape index (κ1) is 18.2. The summed E-state index contributed by atoms with van der Waals surface area (Å²) in [4.78, 5) is 26.4. The Hall–Kier alpha value is -2.10. The molecule has 0 saturated heterocycles. The molecule has 2 rings (SSSR count). The number of hydrogen-bond acceptors (Lipinski definition) is 3. The molecule has 1 atom stereocenters. The summed E-state index contributed by atoms with van der Waals surface area (Å²) in [5, 5.41) is 0. The van der Waals surface area contributed by atoms with Crippen molar-refractivity contribution in [3.63, 3.8) is 0 Å². The number of carbonyl (C=O) groups excluding carboxylic acids is 2. The topological polar surface area (TPSA) is 46.6 Å². The van der Waals surface area contributed by atoms with Crippen molar-refractivity contribution in [3.05, 3.63) is 42.0 Å². The lowest BCUT2D eigenvalue weighted by Crippen LogP contribution is -2.44. The van der Waals surface area contributed by atoms with Crippen LogP contribution >= 0.6 is 0 Å². The van der Waals surface area contributed by atoms with Gasteiger partial charge in [-0.25, -0.2) is 0 Å². The van der Waals surface area contributed by atoms with Gasteiger partial charge in [0.1, 0.15) is 0 Å². The van der Waals surface area contributed by atoms with Crippen LogP contribution in [0.4, 0.5) is 0 Å². The first-order valence-electron chi connectivity index (χ1n) is 8.73. The third-order valence-corrected chi connectivity index (χ3v) is 4.59. The molecule has 0 aromatic heterocycles. The summed E-state index contributed by atoms with van der Waals surface area (Å²) < 4.78 is 4.81. The van der Waals surface area contributed by atoms with E-state index >= 15 is 0 Å². The third kappa shape index (κ3) is 5.22. The number of benzene rings is 1. The number of carbonyl (C=O) groups is 2. The zero-order chi connectivity index (χ0) is 17.4. The van der Waals surface area contributed by atoms with Crippen molar-refractivity contribution in [1.82, 2.24) is 4.90 Å². The van der Waals surface area contributed by atoms with Crippen LogP contribution in [0.25, 0.3) is 6.08 Å². The molecule has 1 fully saturated rings. The Morgan fingerprint density at radius 3 is 2.50 bits per heavy atom. The molecule has 1 unspecified atom stereocenters. The largest absolute Gasteiger partial charge is 0.469 e. The molecule has 1 aliphatic rings. The van der Waals surface area contributed by atoms with Crippen molar-refractivity contribution < 1.29 is 14.3 Å². The Bertz CT molecular complexity index is 562.